The van der Waals surface area contributed by atoms with E-state index in [1.54, 1.807) is 9.58 Å². The Balaban J connectivity index is 1.39. The highest BCUT2D eigenvalue weighted by Gasteiger charge is 2.28. The predicted octanol–water partition coefficient (Wildman–Crippen LogP) is 4.91. The second-order valence-electron chi connectivity index (χ2n) is 8.51. The number of pyridine rings is 1. The molecule has 1 aliphatic rings. The number of fused-ring (bicyclic) bond motifs is 1. The molecule has 0 unspecified atom stereocenters. The number of amides is 1. The number of halogens is 2. The van der Waals surface area contributed by atoms with Crippen molar-refractivity contribution in [3.8, 4) is 17.0 Å². The Kier molecular flexibility index (Phi) is 5.73. The Morgan fingerprint density at radius 1 is 1.06 bits per heavy atom. The zero-order valence-electron chi connectivity index (χ0n) is 19.0. The van der Waals surface area contributed by atoms with Gasteiger partial charge in [0.2, 0.25) is 0 Å². The second-order valence-corrected chi connectivity index (χ2v) is 8.51. The van der Waals surface area contributed by atoms with Crippen LogP contribution in [0, 0.1) is 18.6 Å². The maximum absolute atomic E-state index is 14.0. The molecule has 1 fully saturated rings. The summed E-state index contributed by atoms with van der Waals surface area (Å²) in [5, 5.41) is 5.24. The molecule has 0 atom stereocenters. The number of benzene rings is 2. The van der Waals surface area contributed by atoms with E-state index in [2.05, 4.69) is 5.10 Å². The third-order valence-corrected chi connectivity index (χ3v) is 6.19. The van der Waals surface area contributed by atoms with Gasteiger partial charge in [0.1, 0.15) is 11.9 Å². The van der Waals surface area contributed by atoms with Gasteiger partial charge in [-0.3, -0.25) is 9.48 Å². The van der Waals surface area contributed by atoms with Crippen LogP contribution in [0.2, 0.25) is 0 Å². The van der Waals surface area contributed by atoms with Crippen LogP contribution in [0.25, 0.3) is 22.3 Å². The van der Waals surface area contributed by atoms with E-state index in [4.69, 9.17) is 9.72 Å². The van der Waals surface area contributed by atoms with Crippen LogP contribution in [-0.4, -0.2) is 44.8 Å². The minimum Gasteiger partial charge on any atom is -0.487 e. The molecule has 0 N–H and O–H groups in total. The summed E-state index contributed by atoms with van der Waals surface area (Å²) in [6.07, 6.45) is 0.851. The van der Waals surface area contributed by atoms with E-state index >= 15 is 0 Å². The lowest BCUT2D eigenvalue weighted by molar-refractivity contribution is 0.0590. The number of aryl methyl sites for hydroxylation is 2. The molecule has 0 aliphatic carbocycles. The number of aromatic nitrogens is 3. The Bertz CT molecular complexity index is 1360. The first-order valence-corrected chi connectivity index (χ1v) is 11.2. The number of carbonyl (C=O) groups is 1. The third-order valence-electron chi connectivity index (χ3n) is 6.19. The van der Waals surface area contributed by atoms with E-state index in [-0.39, 0.29) is 17.8 Å². The van der Waals surface area contributed by atoms with Crippen LogP contribution >= 0.6 is 0 Å². The summed E-state index contributed by atoms with van der Waals surface area (Å²) < 4.78 is 34.6. The number of likely N-dealkylation sites (tertiary alicyclic amines) is 1. The minimum atomic E-state index is -0.724. The molecule has 0 radical (unpaired) electrons. The molecule has 4 aromatic rings. The van der Waals surface area contributed by atoms with Crippen LogP contribution in [0.1, 0.15) is 28.9 Å². The fraction of sp³-hybridized carbons (Fsp3) is 0.269. The number of nitrogens with zero attached hydrogens (tertiary/aromatic N) is 4. The average molecular weight is 463 g/mol. The lowest BCUT2D eigenvalue weighted by Crippen LogP contribution is -2.42. The summed E-state index contributed by atoms with van der Waals surface area (Å²) in [6.45, 7) is 2.81. The molecule has 1 saturated heterocycles. The van der Waals surface area contributed by atoms with E-state index in [1.807, 2.05) is 50.4 Å². The smallest absolute Gasteiger partial charge is 0.254 e. The number of rotatable bonds is 4. The van der Waals surface area contributed by atoms with Gasteiger partial charge in [0.05, 0.1) is 22.3 Å². The number of piperidine rings is 1. The zero-order chi connectivity index (χ0) is 23.8. The van der Waals surface area contributed by atoms with Crippen LogP contribution in [0.15, 0.2) is 54.6 Å². The molecule has 34 heavy (non-hydrogen) atoms. The molecule has 3 heterocycles. The molecular weight excluding hydrogens is 438 g/mol. The van der Waals surface area contributed by atoms with Gasteiger partial charge in [-0.15, -0.1) is 0 Å². The molecule has 174 valence electrons. The molecule has 0 spiro atoms. The largest absolute Gasteiger partial charge is 0.487 e. The summed E-state index contributed by atoms with van der Waals surface area (Å²) in [5.74, 6) is -1.43. The highest BCUT2D eigenvalue weighted by Crippen LogP contribution is 2.29. The molecule has 2 aromatic heterocycles. The van der Waals surface area contributed by atoms with Crippen molar-refractivity contribution in [1.29, 1.82) is 0 Å². The van der Waals surface area contributed by atoms with Crippen LogP contribution in [0.5, 0.6) is 5.75 Å². The predicted molar refractivity (Wildman–Crippen MR) is 125 cm³/mol. The molecule has 0 saturated carbocycles. The highest BCUT2D eigenvalue weighted by molar-refractivity contribution is 6.07. The monoisotopic (exact) mass is 462 g/mol. The number of ether oxygens (including phenoxy) is 1. The van der Waals surface area contributed by atoms with E-state index in [9.17, 15) is 13.6 Å². The molecule has 6 nitrogen and oxygen atoms in total. The molecular formula is C26H24F2N4O2. The Morgan fingerprint density at radius 3 is 2.50 bits per heavy atom. The Morgan fingerprint density at radius 2 is 1.79 bits per heavy atom. The van der Waals surface area contributed by atoms with Crippen molar-refractivity contribution < 1.29 is 18.3 Å². The lowest BCUT2D eigenvalue weighted by Gasteiger charge is -2.32. The SMILES string of the molecule is Cc1nn(C)c2nc(-c3ccccc3)cc(C(=O)N3CCC(Oc4ccc(F)cc4F)CC3)c12. The van der Waals surface area contributed by atoms with Gasteiger partial charge in [0, 0.05) is 44.6 Å². The first-order valence-electron chi connectivity index (χ1n) is 11.2. The van der Waals surface area contributed by atoms with Gasteiger partial charge in [-0.05, 0) is 25.1 Å². The van der Waals surface area contributed by atoms with Gasteiger partial charge < -0.3 is 9.64 Å². The minimum absolute atomic E-state index is 0.0282. The van der Waals surface area contributed by atoms with E-state index < -0.39 is 11.6 Å². The quantitative estimate of drug-likeness (QED) is 0.433. The highest BCUT2D eigenvalue weighted by atomic mass is 19.1. The van der Waals surface area contributed by atoms with Crippen molar-refractivity contribution >= 4 is 16.9 Å². The van der Waals surface area contributed by atoms with E-state index in [0.717, 1.165) is 22.7 Å². The maximum atomic E-state index is 14.0. The standard InChI is InChI=1S/C26H24F2N4O2/c1-16-24-20(15-22(17-6-4-3-5-7-17)29-25(24)31(2)30-16)26(33)32-12-10-19(11-13-32)34-23-9-8-18(27)14-21(23)28/h3-9,14-15,19H,10-13H2,1-2H3. The van der Waals surface area contributed by atoms with Crippen LogP contribution < -0.4 is 4.74 Å². The number of hydrogen-bond donors (Lipinski definition) is 0. The maximum Gasteiger partial charge on any atom is 0.254 e. The topological polar surface area (TPSA) is 60.2 Å². The Hall–Kier alpha value is -3.81. The zero-order valence-corrected chi connectivity index (χ0v) is 19.0. The normalized spacial score (nSPS) is 14.5. The van der Waals surface area contributed by atoms with E-state index in [0.29, 0.717) is 42.8 Å². The van der Waals surface area contributed by atoms with Crippen LogP contribution in [0.4, 0.5) is 8.78 Å². The summed E-state index contributed by atoms with van der Waals surface area (Å²) >= 11 is 0. The van der Waals surface area contributed by atoms with Gasteiger partial charge in [-0.1, -0.05) is 30.3 Å². The van der Waals surface area contributed by atoms with Gasteiger partial charge in [-0.2, -0.15) is 5.10 Å². The van der Waals surface area contributed by atoms with Gasteiger partial charge >= 0.3 is 0 Å². The van der Waals surface area contributed by atoms with Gasteiger partial charge in [0.15, 0.2) is 17.2 Å². The molecule has 2 aromatic carbocycles. The number of hydrogen-bond acceptors (Lipinski definition) is 4. The molecule has 0 bridgehead atoms. The third kappa shape index (κ3) is 4.11. The van der Waals surface area contributed by atoms with Crippen molar-refractivity contribution in [2.45, 2.75) is 25.9 Å². The summed E-state index contributed by atoms with van der Waals surface area (Å²) in [5.41, 5.74) is 3.61. The average Bonchev–Trinajstić information content (AvgIpc) is 3.14. The van der Waals surface area contributed by atoms with Gasteiger partial charge in [0.25, 0.3) is 5.91 Å². The first-order chi connectivity index (χ1) is 16.4. The van der Waals surface area contributed by atoms with Crippen molar-refractivity contribution in [3.05, 3.63) is 77.5 Å². The van der Waals surface area contributed by atoms with Crippen molar-refractivity contribution in [1.82, 2.24) is 19.7 Å². The molecule has 5 rings (SSSR count). The lowest BCUT2D eigenvalue weighted by atomic mass is 10.0. The molecule has 1 aliphatic heterocycles. The molecule has 8 heteroatoms. The van der Waals surface area contributed by atoms with Crippen LogP contribution in [0.3, 0.4) is 0 Å². The van der Waals surface area contributed by atoms with Crippen molar-refractivity contribution in [2.24, 2.45) is 7.05 Å². The number of carbonyl (C=O) groups excluding carboxylic acids is 1. The Labute approximate surface area is 195 Å². The van der Waals surface area contributed by atoms with Gasteiger partial charge in [-0.25, -0.2) is 13.8 Å². The van der Waals surface area contributed by atoms with E-state index in [1.165, 1.54) is 12.1 Å². The summed E-state index contributed by atoms with van der Waals surface area (Å²) in [7, 11) is 1.82. The molecule has 1 amide bonds. The van der Waals surface area contributed by atoms with Crippen molar-refractivity contribution in [3.63, 3.8) is 0 Å². The fourth-order valence-corrected chi connectivity index (χ4v) is 4.47. The fourth-order valence-electron chi connectivity index (χ4n) is 4.47. The first kappa shape index (κ1) is 22.0. The van der Waals surface area contributed by atoms with Crippen molar-refractivity contribution in [2.75, 3.05) is 13.1 Å². The summed E-state index contributed by atoms with van der Waals surface area (Å²) in [4.78, 5) is 20.2. The van der Waals surface area contributed by atoms with Crippen LogP contribution in [-0.2, 0) is 7.05 Å². The summed E-state index contributed by atoms with van der Waals surface area (Å²) in [6, 6.07) is 14.9. The second kappa shape index (κ2) is 8.85.